The summed E-state index contributed by atoms with van der Waals surface area (Å²) in [4.78, 5) is 26.0. The first kappa shape index (κ1) is 24.2. The van der Waals surface area contributed by atoms with Crippen LogP contribution < -0.4 is 4.74 Å². The first-order valence-corrected chi connectivity index (χ1v) is 10.4. The molecule has 3 aromatic rings. The smallest absolute Gasteiger partial charge is 0.508 e. The Morgan fingerprint density at radius 1 is 1.09 bits per heavy atom. The van der Waals surface area contributed by atoms with Crippen molar-refractivity contribution in [3.05, 3.63) is 59.3 Å². The lowest BCUT2D eigenvalue weighted by atomic mass is 9.97. The Kier molecular flexibility index (Phi) is 6.71. The van der Waals surface area contributed by atoms with E-state index in [-0.39, 0.29) is 17.4 Å². The third-order valence-electron chi connectivity index (χ3n) is 5.45. The van der Waals surface area contributed by atoms with Gasteiger partial charge in [-0.2, -0.15) is 0 Å². The molecule has 2 aromatic carbocycles. The second-order valence-corrected chi connectivity index (χ2v) is 7.79. The van der Waals surface area contributed by atoms with Gasteiger partial charge in [-0.05, 0) is 75.2 Å². The fraction of sp³-hybridized carbons (Fsp3) is 0.333. The molecular formula is C24H24F3NO5. The van der Waals surface area contributed by atoms with Crippen LogP contribution in [-0.4, -0.2) is 34.0 Å². The first-order chi connectivity index (χ1) is 15.4. The molecule has 0 saturated carbocycles. The molecule has 0 aliphatic rings. The van der Waals surface area contributed by atoms with Crippen molar-refractivity contribution in [3.63, 3.8) is 0 Å². The highest BCUT2D eigenvalue weighted by Gasteiger charge is 2.31. The van der Waals surface area contributed by atoms with Crippen LogP contribution in [0.1, 0.15) is 54.7 Å². The number of fused-ring (bicyclic) bond motifs is 1. The molecule has 0 fully saturated rings. The summed E-state index contributed by atoms with van der Waals surface area (Å²) in [5.41, 5.74) is 1.56. The number of phenolic OH excluding ortho intramolecular Hbond substituents is 1. The molecule has 2 unspecified atom stereocenters. The van der Waals surface area contributed by atoms with Gasteiger partial charge in [-0.3, -0.25) is 14.2 Å². The van der Waals surface area contributed by atoms with Gasteiger partial charge in [-0.25, -0.2) is 0 Å². The predicted molar refractivity (Wildman–Crippen MR) is 115 cm³/mol. The number of aromatic nitrogens is 1. The summed E-state index contributed by atoms with van der Waals surface area (Å²) in [7, 11) is 0. The number of aromatic hydroxyl groups is 1. The normalized spacial score (nSPS) is 13.5. The zero-order valence-corrected chi connectivity index (χ0v) is 18.6. The number of carbonyl (C=O) groups is 2. The van der Waals surface area contributed by atoms with E-state index in [0.717, 1.165) is 12.1 Å². The van der Waals surface area contributed by atoms with Crippen LogP contribution in [0, 0.1) is 6.92 Å². The fourth-order valence-electron chi connectivity index (χ4n) is 3.67. The monoisotopic (exact) mass is 463 g/mol. The minimum absolute atomic E-state index is 0.0375. The lowest BCUT2D eigenvalue weighted by molar-refractivity contribution is -0.274. The highest BCUT2D eigenvalue weighted by Crippen LogP contribution is 2.35. The maximum absolute atomic E-state index is 13.3. The van der Waals surface area contributed by atoms with E-state index >= 15 is 0 Å². The zero-order valence-electron chi connectivity index (χ0n) is 18.6. The first-order valence-electron chi connectivity index (χ1n) is 10.4. The van der Waals surface area contributed by atoms with Crippen LogP contribution in [-0.2, 0) is 9.53 Å². The molecule has 6 nitrogen and oxygen atoms in total. The van der Waals surface area contributed by atoms with Gasteiger partial charge >= 0.3 is 12.3 Å². The number of benzene rings is 2. The molecule has 33 heavy (non-hydrogen) atoms. The van der Waals surface area contributed by atoms with Crippen molar-refractivity contribution in [2.24, 2.45) is 0 Å². The van der Waals surface area contributed by atoms with E-state index < -0.39 is 29.9 Å². The van der Waals surface area contributed by atoms with Gasteiger partial charge in [0.1, 0.15) is 11.5 Å². The van der Waals surface area contributed by atoms with Crippen molar-refractivity contribution in [1.29, 1.82) is 0 Å². The van der Waals surface area contributed by atoms with E-state index in [1.807, 2.05) is 6.92 Å². The highest BCUT2D eigenvalue weighted by molar-refractivity contribution is 6.05. The van der Waals surface area contributed by atoms with Crippen LogP contribution in [0.15, 0.2) is 42.5 Å². The van der Waals surface area contributed by atoms with Gasteiger partial charge in [0.25, 0.3) is 5.91 Å². The van der Waals surface area contributed by atoms with Crippen molar-refractivity contribution >= 4 is 22.8 Å². The fourth-order valence-corrected chi connectivity index (χ4v) is 3.67. The molecule has 9 heteroatoms. The van der Waals surface area contributed by atoms with Crippen molar-refractivity contribution in [2.45, 2.75) is 52.5 Å². The molecule has 1 heterocycles. The Hall–Kier alpha value is -3.49. The van der Waals surface area contributed by atoms with E-state index in [1.54, 1.807) is 26.8 Å². The minimum atomic E-state index is -4.84. The molecule has 0 amide bonds. The van der Waals surface area contributed by atoms with E-state index in [0.29, 0.717) is 28.6 Å². The van der Waals surface area contributed by atoms with Gasteiger partial charge in [0.15, 0.2) is 0 Å². The Morgan fingerprint density at radius 2 is 1.73 bits per heavy atom. The molecule has 1 N–H and O–H groups in total. The van der Waals surface area contributed by atoms with Crippen molar-refractivity contribution in [1.82, 2.24) is 4.57 Å². The number of hydrogen-bond acceptors (Lipinski definition) is 5. The lowest BCUT2D eigenvalue weighted by Gasteiger charge is -2.16. The molecule has 0 spiro atoms. The number of phenols is 1. The van der Waals surface area contributed by atoms with Crippen LogP contribution >= 0.6 is 0 Å². The number of ether oxygens (including phenoxy) is 2. The Morgan fingerprint density at radius 3 is 2.30 bits per heavy atom. The number of nitrogens with zero attached hydrogens (tertiary/aromatic N) is 1. The summed E-state index contributed by atoms with van der Waals surface area (Å²) in [6.07, 6.45) is -4.47. The second kappa shape index (κ2) is 9.17. The van der Waals surface area contributed by atoms with Crippen molar-refractivity contribution in [2.75, 3.05) is 0 Å². The molecule has 0 bridgehead atoms. The number of esters is 1. The number of halogens is 3. The molecule has 2 atom stereocenters. The molecule has 0 aliphatic carbocycles. The van der Waals surface area contributed by atoms with Gasteiger partial charge in [0.2, 0.25) is 0 Å². The van der Waals surface area contributed by atoms with Crippen LogP contribution in [0.3, 0.4) is 0 Å². The summed E-state index contributed by atoms with van der Waals surface area (Å²) in [5, 5.41) is 10.5. The van der Waals surface area contributed by atoms with E-state index in [1.165, 1.54) is 28.8 Å². The summed E-state index contributed by atoms with van der Waals surface area (Å²) in [6.45, 7) is 7.00. The topological polar surface area (TPSA) is 77.8 Å². The Labute approximate surface area is 188 Å². The standard InChI is InChI=1S/C24H24F3NO5/c1-5-13(2)32-23(31)14(3)21-15(4)28(20-11-8-17(29)12-19(20)21)22(30)16-6-9-18(10-7-16)33-24(25,26)27/h6-14,29H,5H2,1-4H3. The molecule has 3 rings (SSSR count). The molecule has 1 aromatic heterocycles. The summed E-state index contributed by atoms with van der Waals surface area (Å²) in [6, 6.07) is 9.01. The zero-order chi connectivity index (χ0) is 24.5. The molecule has 176 valence electrons. The number of hydrogen-bond donors (Lipinski definition) is 1. The largest absolute Gasteiger partial charge is 0.573 e. The van der Waals surface area contributed by atoms with Crippen LogP contribution in [0.2, 0.25) is 0 Å². The van der Waals surface area contributed by atoms with Crippen LogP contribution in [0.4, 0.5) is 13.2 Å². The third kappa shape index (κ3) is 5.13. The number of alkyl halides is 3. The summed E-state index contributed by atoms with van der Waals surface area (Å²) in [5.74, 6) is -2.17. The molecule has 0 aliphatic heterocycles. The van der Waals surface area contributed by atoms with Crippen molar-refractivity contribution < 1.29 is 37.3 Å². The van der Waals surface area contributed by atoms with E-state index in [2.05, 4.69) is 4.74 Å². The second-order valence-electron chi connectivity index (χ2n) is 7.79. The maximum atomic E-state index is 13.3. The van der Waals surface area contributed by atoms with Gasteiger partial charge < -0.3 is 14.6 Å². The Bertz CT molecular complexity index is 1180. The third-order valence-corrected chi connectivity index (χ3v) is 5.45. The molecule has 0 saturated heterocycles. The Balaban J connectivity index is 2.06. The van der Waals surface area contributed by atoms with Crippen molar-refractivity contribution in [3.8, 4) is 11.5 Å². The maximum Gasteiger partial charge on any atom is 0.573 e. The van der Waals surface area contributed by atoms with Gasteiger partial charge in [0, 0.05) is 16.6 Å². The number of carbonyl (C=O) groups excluding carboxylic acids is 2. The summed E-state index contributed by atoms with van der Waals surface area (Å²) < 4.78 is 47.9. The number of rotatable bonds is 6. The highest BCUT2D eigenvalue weighted by atomic mass is 19.4. The minimum Gasteiger partial charge on any atom is -0.508 e. The predicted octanol–water partition coefficient (Wildman–Crippen LogP) is 5.69. The van der Waals surface area contributed by atoms with Gasteiger partial charge in [-0.15, -0.1) is 13.2 Å². The lowest BCUT2D eigenvalue weighted by Crippen LogP contribution is -2.20. The molecule has 0 radical (unpaired) electrons. The van der Waals surface area contributed by atoms with Gasteiger partial charge in [0.05, 0.1) is 17.5 Å². The van der Waals surface area contributed by atoms with E-state index in [4.69, 9.17) is 4.74 Å². The molecular weight excluding hydrogens is 439 g/mol. The van der Waals surface area contributed by atoms with Crippen LogP contribution in [0.25, 0.3) is 10.9 Å². The van der Waals surface area contributed by atoms with Gasteiger partial charge in [-0.1, -0.05) is 6.92 Å². The average molecular weight is 463 g/mol. The van der Waals surface area contributed by atoms with E-state index in [9.17, 15) is 27.9 Å². The summed E-state index contributed by atoms with van der Waals surface area (Å²) >= 11 is 0. The van der Waals surface area contributed by atoms with Crippen LogP contribution in [0.5, 0.6) is 11.5 Å². The SMILES string of the molecule is CCC(C)OC(=O)C(C)c1c(C)n(C(=O)c2ccc(OC(F)(F)F)cc2)c2ccc(O)cc12. The quantitative estimate of drug-likeness (QED) is 0.476. The average Bonchev–Trinajstić information content (AvgIpc) is 3.02.